The molecule has 168 valence electrons. The molecule has 1 amide bonds. The van der Waals surface area contributed by atoms with Crippen LogP contribution in [0.5, 0.6) is 0 Å². The number of rotatable bonds is 5. The highest BCUT2D eigenvalue weighted by molar-refractivity contribution is 14.0. The van der Waals surface area contributed by atoms with Crippen molar-refractivity contribution in [3.63, 3.8) is 0 Å². The maximum atomic E-state index is 12.7. The van der Waals surface area contributed by atoms with Crippen molar-refractivity contribution in [2.75, 3.05) is 27.2 Å². The number of carbonyl (C=O) groups is 1. The second-order valence-corrected chi connectivity index (χ2v) is 7.70. The number of imidazole rings is 1. The lowest BCUT2D eigenvalue weighted by molar-refractivity contribution is -0.130. The number of fused-ring (bicyclic) bond motifs is 1. The average Bonchev–Trinajstić information content (AvgIpc) is 3.28. The van der Waals surface area contributed by atoms with Crippen molar-refractivity contribution in [3.8, 4) is 11.3 Å². The molecule has 7 nitrogen and oxygen atoms in total. The summed E-state index contributed by atoms with van der Waals surface area (Å²) in [6.45, 7) is 2.19. The van der Waals surface area contributed by atoms with Crippen LogP contribution >= 0.6 is 24.0 Å². The Morgan fingerprint density at radius 2 is 1.88 bits per heavy atom. The first-order valence-electron chi connectivity index (χ1n) is 10.5. The van der Waals surface area contributed by atoms with Crippen LogP contribution < -0.4 is 5.32 Å². The molecule has 4 rings (SSSR count). The average molecular weight is 544 g/mol. The van der Waals surface area contributed by atoms with Crippen LogP contribution in [0.4, 0.5) is 0 Å². The zero-order valence-electron chi connectivity index (χ0n) is 18.4. The molecule has 2 heterocycles. The molecule has 32 heavy (non-hydrogen) atoms. The van der Waals surface area contributed by atoms with Crippen LogP contribution in [0, 0.1) is 0 Å². The van der Waals surface area contributed by atoms with E-state index in [1.807, 2.05) is 59.4 Å². The van der Waals surface area contributed by atoms with Crippen molar-refractivity contribution in [2.45, 2.75) is 19.5 Å². The number of aromatic nitrogens is 2. The van der Waals surface area contributed by atoms with E-state index in [1.165, 1.54) is 11.1 Å². The van der Waals surface area contributed by atoms with Crippen LogP contribution in [0.2, 0.25) is 0 Å². The Balaban J connectivity index is 0.00000289. The smallest absolute Gasteiger partial charge is 0.242 e. The summed E-state index contributed by atoms with van der Waals surface area (Å²) in [6, 6.07) is 18.4. The molecule has 0 aliphatic carbocycles. The monoisotopic (exact) mass is 544 g/mol. The minimum Gasteiger partial charge on any atom is -0.347 e. The van der Waals surface area contributed by atoms with Crippen LogP contribution in [0.1, 0.15) is 17.0 Å². The van der Waals surface area contributed by atoms with Crippen LogP contribution in [-0.4, -0.2) is 58.8 Å². The van der Waals surface area contributed by atoms with E-state index in [-0.39, 0.29) is 36.4 Å². The molecule has 0 saturated heterocycles. The molecule has 8 heteroatoms. The summed E-state index contributed by atoms with van der Waals surface area (Å²) in [4.78, 5) is 28.8. The molecule has 0 atom stereocenters. The zero-order valence-corrected chi connectivity index (χ0v) is 20.7. The summed E-state index contributed by atoms with van der Waals surface area (Å²) in [5.41, 5.74) is 4.65. The summed E-state index contributed by atoms with van der Waals surface area (Å²) < 4.78 is 0. The van der Waals surface area contributed by atoms with Gasteiger partial charge in [-0.15, -0.1) is 24.0 Å². The molecule has 0 bridgehead atoms. The number of carbonyl (C=O) groups excluding carboxylic acids is 1. The predicted octanol–water partition coefficient (Wildman–Crippen LogP) is 3.29. The van der Waals surface area contributed by atoms with Gasteiger partial charge in [0, 0.05) is 27.2 Å². The molecular weight excluding hydrogens is 515 g/mol. The third kappa shape index (κ3) is 5.67. The number of nitrogens with zero attached hydrogens (tertiary/aromatic N) is 4. The Morgan fingerprint density at radius 1 is 1.16 bits per heavy atom. The van der Waals surface area contributed by atoms with Gasteiger partial charge in [0.15, 0.2) is 5.96 Å². The molecule has 0 unspecified atom stereocenters. The van der Waals surface area contributed by atoms with Crippen molar-refractivity contribution >= 4 is 35.8 Å². The highest BCUT2D eigenvalue weighted by Crippen LogP contribution is 2.18. The molecular formula is C24H29IN6O. The van der Waals surface area contributed by atoms with Gasteiger partial charge in [-0.05, 0) is 23.1 Å². The topological polar surface area (TPSA) is 76.6 Å². The lowest BCUT2D eigenvalue weighted by Gasteiger charge is -2.29. The molecule has 1 aliphatic rings. The van der Waals surface area contributed by atoms with E-state index in [0.717, 1.165) is 30.0 Å². The normalized spacial score (nSPS) is 13.2. The number of benzene rings is 2. The number of hydrogen-bond acceptors (Lipinski definition) is 3. The van der Waals surface area contributed by atoms with Gasteiger partial charge in [-0.25, -0.2) is 4.98 Å². The lowest BCUT2D eigenvalue weighted by Crippen LogP contribution is -2.46. The van der Waals surface area contributed by atoms with Crippen molar-refractivity contribution in [2.24, 2.45) is 4.99 Å². The molecule has 0 radical (unpaired) electrons. The second-order valence-electron chi connectivity index (χ2n) is 7.70. The van der Waals surface area contributed by atoms with Gasteiger partial charge in [0.1, 0.15) is 5.82 Å². The molecule has 0 spiro atoms. The van der Waals surface area contributed by atoms with E-state index in [9.17, 15) is 4.79 Å². The maximum Gasteiger partial charge on any atom is 0.242 e. The van der Waals surface area contributed by atoms with Gasteiger partial charge in [0.2, 0.25) is 5.91 Å². The summed E-state index contributed by atoms with van der Waals surface area (Å²) in [5.74, 6) is 1.57. The third-order valence-corrected chi connectivity index (χ3v) is 5.55. The number of amides is 1. The summed E-state index contributed by atoms with van der Waals surface area (Å²) in [7, 11) is 3.65. The number of guanidine groups is 1. The molecule has 0 saturated carbocycles. The van der Waals surface area contributed by atoms with Crippen molar-refractivity contribution < 1.29 is 4.79 Å². The summed E-state index contributed by atoms with van der Waals surface area (Å²) >= 11 is 0. The second kappa shape index (κ2) is 11.1. The van der Waals surface area contributed by atoms with Gasteiger partial charge in [-0.3, -0.25) is 9.79 Å². The van der Waals surface area contributed by atoms with Gasteiger partial charge in [-0.1, -0.05) is 54.6 Å². The number of aromatic amines is 1. The quantitative estimate of drug-likeness (QED) is 0.294. The van der Waals surface area contributed by atoms with Gasteiger partial charge < -0.3 is 20.1 Å². The van der Waals surface area contributed by atoms with Gasteiger partial charge in [0.05, 0.1) is 25.0 Å². The Labute approximate surface area is 206 Å². The Kier molecular flexibility index (Phi) is 8.26. The SMILES string of the molecule is CN=C(NCC(=O)N1CCc2ccccc2C1)N(C)Cc1ncc(-c2ccccc2)[nH]1.I. The van der Waals surface area contributed by atoms with Crippen LogP contribution in [0.3, 0.4) is 0 Å². The molecule has 2 aromatic carbocycles. The Hall–Kier alpha value is -2.88. The van der Waals surface area contributed by atoms with E-state index >= 15 is 0 Å². The zero-order chi connectivity index (χ0) is 21.6. The molecule has 1 aliphatic heterocycles. The van der Waals surface area contributed by atoms with E-state index in [2.05, 4.69) is 38.5 Å². The predicted molar refractivity (Wildman–Crippen MR) is 138 cm³/mol. The minimum absolute atomic E-state index is 0. The van der Waals surface area contributed by atoms with Gasteiger partial charge in [0.25, 0.3) is 0 Å². The fourth-order valence-electron chi connectivity index (χ4n) is 3.87. The van der Waals surface area contributed by atoms with Gasteiger partial charge >= 0.3 is 0 Å². The number of H-pyrrole nitrogens is 1. The number of hydrogen-bond donors (Lipinski definition) is 2. The maximum absolute atomic E-state index is 12.7. The minimum atomic E-state index is 0. The van der Waals surface area contributed by atoms with Crippen LogP contribution in [-0.2, 0) is 24.3 Å². The largest absolute Gasteiger partial charge is 0.347 e. The number of halogens is 1. The van der Waals surface area contributed by atoms with Crippen molar-refractivity contribution in [1.29, 1.82) is 0 Å². The van der Waals surface area contributed by atoms with E-state index in [4.69, 9.17) is 0 Å². The van der Waals surface area contributed by atoms with Crippen molar-refractivity contribution in [3.05, 3.63) is 77.7 Å². The van der Waals surface area contributed by atoms with Crippen molar-refractivity contribution in [1.82, 2.24) is 25.1 Å². The van der Waals surface area contributed by atoms with Gasteiger partial charge in [-0.2, -0.15) is 0 Å². The number of aliphatic imine (C=N–C) groups is 1. The summed E-state index contributed by atoms with van der Waals surface area (Å²) in [5, 5.41) is 3.19. The van der Waals surface area contributed by atoms with Crippen LogP contribution in [0.25, 0.3) is 11.3 Å². The highest BCUT2D eigenvalue weighted by Gasteiger charge is 2.21. The van der Waals surface area contributed by atoms with Crippen LogP contribution in [0.15, 0.2) is 65.8 Å². The van der Waals surface area contributed by atoms with E-state index in [1.54, 1.807) is 7.05 Å². The number of nitrogens with one attached hydrogen (secondary N) is 2. The van der Waals surface area contributed by atoms with E-state index < -0.39 is 0 Å². The van der Waals surface area contributed by atoms with E-state index in [0.29, 0.717) is 19.0 Å². The standard InChI is InChI=1S/C24H28N6O.HI/c1-25-24(27-15-23(31)30-13-12-18-8-6-7-11-20(18)16-30)29(2)17-22-26-14-21(28-22)19-9-4-3-5-10-19;/h3-11,14H,12-13,15-17H2,1-2H3,(H,25,27)(H,26,28);1H. The molecule has 3 aromatic rings. The summed E-state index contributed by atoms with van der Waals surface area (Å²) in [6.07, 6.45) is 2.74. The Bertz CT molecular complexity index is 1070. The Morgan fingerprint density at radius 3 is 2.62 bits per heavy atom. The molecule has 2 N–H and O–H groups in total. The first-order chi connectivity index (χ1) is 15.1. The first kappa shape index (κ1) is 23.8. The fraction of sp³-hybridized carbons (Fsp3) is 0.292. The molecule has 0 fully saturated rings. The highest BCUT2D eigenvalue weighted by atomic mass is 127. The fourth-order valence-corrected chi connectivity index (χ4v) is 3.87. The third-order valence-electron chi connectivity index (χ3n) is 5.55. The molecule has 1 aromatic heterocycles. The first-order valence-corrected chi connectivity index (χ1v) is 10.5. The lowest BCUT2D eigenvalue weighted by atomic mass is 10.00.